The molecule has 0 aromatic heterocycles. The van der Waals surface area contributed by atoms with Crippen LogP contribution in [0, 0.1) is 0 Å². The van der Waals surface area contributed by atoms with Gasteiger partial charge in [-0.3, -0.25) is 4.79 Å². The van der Waals surface area contributed by atoms with Gasteiger partial charge in [0.15, 0.2) is 18.9 Å². The van der Waals surface area contributed by atoms with Crippen molar-refractivity contribution < 1.29 is 89.4 Å². The van der Waals surface area contributed by atoms with Gasteiger partial charge in [0.05, 0.1) is 38.6 Å². The van der Waals surface area contributed by atoms with Crippen molar-refractivity contribution in [2.45, 2.75) is 388 Å². The predicted octanol–water partition coefficient (Wildman–Crippen LogP) is 12.1. The second-order valence-corrected chi connectivity index (χ2v) is 27.4. The third-order valence-electron chi connectivity index (χ3n) is 19.0. The number of aliphatic hydroxyl groups excluding tert-OH is 11. The van der Waals surface area contributed by atoms with Crippen molar-refractivity contribution >= 4 is 5.91 Å². The standard InChI is InChI=1S/C78H139NO18/c1-3-5-7-9-11-13-15-17-19-21-23-24-25-26-27-28-29-30-31-32-33-34-35-36-38-40-42-44-46-48-50-52-54-56-66(84)79-61(62(83)55-53-51-49-47-45-43-41-39-37-22-20-18-16-14-12-10-8-6-4-2)60-92-76-72(90)69(87)74(64(58-81)94-76)97-78-73(91)70(88)75(65(59-82)95-78)96-77-71(89)68(86)67(85)63(57-80)93-77/h5,7,11,13,17,19,23-24,45,47,53,55,61-65,67-78,80-83,85-91H,3-4,6,8-10,12,14-16,18,20-22,25-44,46,48-52,54,56-60H2,1-2H3,(H,79,84)/b7-5-,13-11-,19-17-,24-23-,47-45+,55-53+. The fourth-order valence-electron chi connectivity index (χ4n) is 12.8. The van der Waals surface area contributed by atoms with Gasteiger partial charge in [0.1, 0.15) is 73.2 Å². The van der Waals surface area contributed by atoms with E-state index < -0.39 is 124 Å². The fraction of sp³-hybridized carbons (Fsp3) is 0.833. The first-order chi connectivity index (χ1) is 47.3. The lowest BCUT2D eigenvalue weighted by Gasteiger charge is -2.48. The zero-order valence-corrected chi connectivity index (χ0v) is 60.0. The largest absolute Gasteiger partial charge is 0.394 e. The van der Waals surface area contributed by atoms with E-state index in [2.05, 4.69) is 79.9 Å². The van der Waals surface area contributed by atoms with E-state index in [1.807, 2.05) is 6.08 Å². The summed E-state index contributed by atoms with van der Waals surface area (Å²) in [6.45, 7) is 1.63. The van der Waals surface area contributed by atoms with Gasteiger partial charge in [0, 0.05) is 6.42 Å². The number of unbranched alkanes of at least 4 members (excludes halogenated alkanes) is 34. The minimum atomic E-state index is -1.98. The number of ether oxygens (including phenoxy) is 6. The number of hydrogen-bond acceptors (Lipinski definition) is 18. The number of allylic oxidation sites excluding steroid dienone is 11. The summed E-state index contributed by atoms with van der Waals surface area (Å²) in [5, 5.41) is 121. The molecule has 0 radical (unpaired) electrons. The zero-order chi connectivity index (χ0) is 70.4. The summed E-state index contributed by atoms with van der Waals surface area (Å²) in [7, 11) is 0. The predicted molar refractivity (Wildman–Crippen MR) is 383 cm³/mol. The summed E-state index contributed by atoms with van der Waals surface area (Å²) in [4.78, 5) is 13.5. The van der Waals surface area contributed by atoms with Crippen LogP contribution in [0.3, 0.4) is 0 Å². The van der Waals surface area contributed by atoms with Gasteiger partial charge in [-0.15, -0.1) is 0 Å². The first kappa shape index (κ1) is 88.4. The highest BCUT2D eigenvalue weighted by Gasteiger charge is 2.53. The highest BCUT2D eigenvalue weighted by molar-refractivity contribution is 5.76. The Labute approximate surface area is 585 Å². The second-order valence-electron chi connectivity index (χ2n) is 27.4. The van der Waals surface area contributed by atoms with Crippen molar-refractivity contribution in [2.24, 2.45) is 0 Å². The van der Waals surface area contributed by atoms with Crippen molar-refractivity contribution in [1.82, 2.24) is 5.32 Å². The average Bonchev–Trinajstić information content (AvgIpc) is 0.845. The molecular formula is C78H139NO18. The third kappa shape index (κ3) is 39.5. The molecule has 19 heteroatoms. The lowest BCUT2D eigenvalue weighted by molar-refractivity contribution is -0.379. The molecule has 0 bridgehead atoms. The molecule has 0 aliphatic carbocycles. The molecule has 97 heavy (non-hydrogen) atoms. The van der Waals surface area contributed by atoms with Crippen molar-refractivity contribution in [3.8, 4) is 0 Å². The number of carbonyl (C=O) groups is 1. The molecule has 3 saturated heterocycles. The van der Waals surface area contributed by atoms with Crippen LogP contribution < -0.4 is 5.32 Å². The van der Waals surface area contributed by atoms with Gasteiger partial charge in [-0.25, -0.2) is 0 Å². The van der Waals surface area contributed by atoms with E-state index in [0.717, 1.165) is 64.2 Å². The van der Waals surface area contributed by atoms with Gasteiger partial charge in [-0.05, 0) is 70.6 Å². The van der Waals surface area contributed by atoms with Gasteiger partial charge >= 0.3 is 0 Å². The Hall–Kier alpha value is -2.77. The van der Waals surface area contributed by atoms with Gasteiger partial charge in [-0.1, -0.05) is 279 Å². The van der Waals surface area contributed by atoms with E-state index >= 15 is 0 Å². The van der Waals surface area contributed by atoms with Crippen LogP contribution in [0.25, 0.3) is 0 Å². The van der Waals surface area contributed by atoms with E-state index in [0.29, 0.717) is 12.8 Å². The molecule has 3 fully saturated rings. The van der Waals surface area contributed by atoms with E-state index in [9.17, 15) is 61.0 Å². The number of rotatable bonds is 60. The van der Waals surface area contributed by atoms with E-state index in [4.69, 9.17) is 28.4 Å². The molecule has 564 valence electrons. The number of aliphatic hydroxyl groups is 11. The fourth-order valence-corrected chi connectivity index (χ4v) is 12.8. The molecule has 12 N–H and O–H groups in total. The molecule has 3 aliphatic heterocycles. The Bertz CT molecular complexity index is 2040. The molecule has 3 heterocycles. The van der Waals surface area contributed by atoms with Crippen LogP contribution in [0.1, 0.15) is 284 Å². The van der Waals surface area contributed by atoms with Crippen LogP contribution in [0.4, 0.5) is 0 Å². The third-order valence-corrected chi connectivity index (χ3v) is 19.0. The normalized spacial score (nSPS) is 27.3. The number of carbonyl (C=O) groups excluding carboxylic acids is 1. The van der Waals surface area contributed by atoms with Crippen molar-refractivity contribution in [3.05, 3.63) is 72.9 Å². The van der Waals surface area contributed by atoms with E-state index in [-0.39, 0.29) is 18.9 Å². The first-order valence-electron chi connectivity index (χ1n) is 38.7. The highest BCUT2D eigenvalue weighted by atomic mass is 16.8. The summed E-state index contributed by atoms with van der Waals surface area (Å²) in [5.74, 6) is -0.283. The van der Waals surface area contributed by atoms with E-state index in [1.54, 1.807) is 6.08 Å². The molecule has 3 aliphatic rings. The van der Waals surface area contributed by atoms with Gasteiger partial charge in [-0.2, -0.15) is 0 Å². The highest BCUT2D eigenvalue weighted by Crippen LogP contribution is 2.33. The Morgan fingerprint density at radius 3 is 1.15 bits per heavy atom. The molecule has 0 aromatic carbocycles. The second kappa shape index (κ2) is 58.7. The van der Waals surface area contributed by atoms with Crippen LogP contribution in [0.15, 0.2) is 72.9 Å². The first-order valence-corrected chi connectivity index (χ1v) is 38.7. The summed E-state index contributed by atoms with van der Waals surface area (Å²) < 4.78 is 34.4. The van der Waals surface area contributed by atoms with Crippen LogP contribution in [-0.4, -0.2) is 193 Å². The average molecular weight is 1380 g/mol. The van der Waals surface area contributed by atoms with Gasteiger partial charge in [0.25, 0.3) is 0 Å². The van der Waals surface area contributed by atoms with Crippen LogP contribution >= 0.6 is 0 Å². The monoisotopic (exact) mass is 1380 g/mol. The van der Waals surface area contributed by atoms with Crippen LogP contribution in [-0.2, 0) is 33.2 Å². The Morgan fingerprint density at radius 2 is 0.722 bits per heavy atom. The molecule has 3 rings (SSSR count). The van der Waals surface area contributed by atoms with Crippen molar-refractivity contribution in [1.29, 1.82) is 0 Å². The van der Waals surface area contributed by atoms with Gasteiger partial charge < -0.3 is 89.9 Å². The maximum Gasteiger partial charge on any atom is 0.220 e. The molecule has 17 atom stereocenters. The number of nitrogens with one attached hydrogen (secondary N) is 1. The summed E-state index contributed by atoms with van der Waals surface area (Å²) in [6, 6.07) is -0.992. The number of amides is 1. The van der Waals surface area contributed by atoms with Crippen LogP contribution in [0.5, 0.6) is 0 Å². The molecule has 0 aromatic rings. The minimum Gasteiger partial charge on any atom is -0.394 e. The Kier molecular flexibility index (Phi) is 53.5. The van der Waals surface area contributed by atoms with Crippen molar-refractivity contribution in [2.75, 3.05) is 26.4 Å². The van der Waals surface area contributed by atoms with E-state index in [1.165, 1.54) is 186 Å². The molecule has 1 amide bonds. The molecule has 19 nitrogen and oxygen atoms in total. The molecule has 0 saturated carbocycles. The lowest BCUT2D eigenvalue weighted by atomic mass is 9.96. The number of hydrogen-bond donors (Lipinski definition) is 12. The maximum atomic E-state index is 13.5. The quantitative estimate of drug-likeness (QED) is 0.0199. The summed E-state index contributed by atoms with van der Waals surface area (Å²) >= 11 is 0. The summed E-state index contributed by atoms with van der Waals surface area (Å²) in [6.07, 6.45) is 48.9. The van der Waals surface area contributed by atoms with Crippen LogP contribution in [0.2, 0.25) is 0 Å². The Morgan fingerprint density at radius 1 is 0.381 bits per heavy atom. The zero-order valence-electron chi connectivity index (χ0n) is 60.0. The summed E-state index contributed by atoms with van der Waals surface area (Å²) in [5.41, 5.74) is 0. The maximum absolute atomic E-state index is 13.5. The topological polar surface area (TPSA) is 307 Å². The van der Waals surface area contributed by atoms with Crippen molar-refractivity contribution in [3.63, 3.8) is 0 Å². The smallest absolute Gasteiger partial charge is 0.220 e. The molecular weight excluding hydrogens is 1240 g/mol. The molecule has 0 spiro atoms. The molecule has 17 unspecified atom stereocenters. The van der Waals surface area contributed by atoms with Gasteiger partial charge in [0.2, 0.25) is 5.91 Å². The lowest BCUT2D eigenvalue weighted by Crippen LogP contribution is -2.66. The Balaban J connectivity index is 1.37. The SMILES string of the molecule is CC/C=C\C/C=C\C/C=C\C/C=C\CCCCCCCCCCCCCCCCCCCCCCC(=O)NC(COC1OC(CO)C(OC2OC(CO)C(OC3OC(CO)C(O)C(O)C3O)C(O)C2O)C(O)C1O)C(O)/C=C/CC/C=C/CCCCCCCCCCCCCCC. The minimum absolute atomic E-state index is 0.236.